The molecule has 106 valence electrons. The summed E-state index contributed by atoms with van der Waals surface area (Å²) < 4.78 is 5.70. The van der Waals surface area contributed by atoms with Gasteiger partial charge in [0.1, 0.15) is 0 Å². The summed E-state index contributed by atoms with van der Waals surface area (Å²) in [6.45, 7) is 2.44. The first-order valence-electron chi connectivity index (χ1n) is 7.19. The zero-order chi connectivity index (χ0) is 13.9. The number of nitrogens with zero attached hydrogens (tertiary/aromatic N) is 1. The van der Waals surface area contributed by atoms with Gasteiger partial charge in [0.15, 0.2) is 0 Å². The SMILES string of the molecule is CN1CCOC(C(O)Cc2cccc3ccccc23)C1. The molecule has 20 heavy (non-hydrogen) atoms. The van der Waals surface area contributed by atoms with Crippen LogP contribution < -0.4 is 0 Å². The van der Waals surface area contributed by atoms with Gasteiger partial charge in [-0.2, -0.15) is 0 Å². The van der Waals surface area contributed by atoms with Crippen LogP contribution in [0.15, 0.2) is 42.5 Å². The smallest absolute Gasteiger partial charge is 0.0964 e. The Balaban J connectivity index is 1.78. The van der Waals surface area contributed by atoms with Gasteiger partial charge < -0.3 is 14.7 Å². The number of hydrogen-bond acceptors (Lipinski definition) is 3. The summed E-state index contributed by atoms with van der Waals surface area (Å²) in [4.78, 5) is 2.21. The van der Waals surface area contributed by atoms with Gasteiger partial charge >= 0.3 is 0 Å². The summed E-state index contributed by atoms with van der Waals surface area (Å²) in [5.41, 5.74) is 1.19. The molecule has 1 saturated heterocycles. The summed E-state index contributed by atoms with van der Waals surface area (Å²) in [5.74, 6) is 0. The molecule has 2 unspecified atom stereocenters. The lowest BCUT2D eigenvalue weighted by Crippen LogP contribution is -2.46. The minimum absolute atomic E-state index is 0.0901. The lowest BCUT2D eigenvalue weighted by molar-refractivity contribution is -0.0822. The van der Waals surface area contributed by atoms with Crippen molar-refractivity contribution >= 4 is 10.8 Å². The molecular formula is C17H21NO2. The Hall–Kier alpha value is -1.42. The second kappa shape index (κ2) is 5.92. The number of aliphatic hydroxyl groups excluding tert-OH is 1. The first kappa shape index (κ1) is 13.6. The average molecular weight is 271 g/mol. The van der Waals surface area contributed by atoms with Gasteiger partial charge in [0.05, 0.1) is 18.8 Å². The first-order valence-corrected chi connectivity index (χ1v) is 7.19. The highest BCUT2D eigenvalue weighted by Gasteiger charge is 2.25. The molecule has 0 aromatic heterocycles. The van der Waals surface area contributed by atoms with Crippen molar-refractivity contribution in [3.05, 3.63) is 48.0 Å². The Bertz CT molecular complexity index is 579. The van der Waals surface area contributed by atoms with E-state index >= 15 is 0 Å². The lowest BCUT2D eigenvalue weighted by atomic mass is 9.97. The predicted octanol–water partition coefficient (Wildman–Crippen LogP) is 2.07. The fourth-order valence-electron chi connectivity index (χ4n) is 2.87. The highest BCUT2D eigenvalue weighted by molar-refractivity contribution is 5.85. The van der Waals surface area contributed by atoms with Crippen molar-refractivity contribution in [3.63, 3.8) is 0 Å². The fourth-order valence-corrected chi connectivity index (χ4v) is 2.87. The van der Waals surface area contributed by atoms with Gasteiger partial charge in [0, 0.05) is 19.5 Å². The van der Waals surface area contributed by atoms with Gasteiger partial charge in [-0.1, -0.05) is 42.5 Å². The van der Waals surface area contributed by atoms with E-state index in [4.69, 9.17) is 4.74 Å². The van der Waals surface area contributed by atoms with Crippen molar-refractivity contribution in [2.24, 2.45) is 0 Å². The molecule has 1 aliphatic rings. The van der Waals surface area contributed by atoms with Crippen LogP contribution in [-0.4, -0.2) is 49.0 Å². The van der Waals surface area contributed by atoms with Crippen LogP contribution in [0.2, 0.25) is 0 Å². The first-order chi connectivity index (χ1) is 9.74. The Labute approximate surface area is 119 Å². The van der Waals surface area contributed by atoms with Gasteiger partial charge in [-0.15, -0.1) is 0 Å². The molecule has 1 N–H and O–H groups in total. The molecule has 3 rings (SSSR count). The van der Waals surface area contributed by atoms with Gasteiger partial charge in [0.25, 0.3) is 0 Å². The molecule has 3 nitrogen and oxygen atoms in total. The van der Waals surface area contributed by atoms with Crippen molar-refractivity contribution in [2.75, 3.05) is 26.7 Å². The van der Waals surface area contributed by atoms with Crippen molar-refractivity contribution in [3.8, 4) is 0 Å². The molecule has 0 bridgehead atoms. The number of fused-ring (bicyclic) bond motifs is 1. The zero-order valence-corrected chi connectivity index (χ0v) is 11.8. The van der Waals surface area contributed by atoms with Crippen LogP contribution in [0.5, 0.6) is 0 Å². The number of rotatable bonds is 3. The standard InChI is InChI=1S/C17H21NO2/c1-18-9-10-20-17(12-18)16(19)11-14-7-4-6-13-5-2-3-8-15(13)14/h2-8,16-17,19H,9-12H2,1H3. The maximum atomic E-state index is 10.5. The normalized spacial score (nSPS) is 22.0. The van der Waals surface area contributed by atoms with Gasteiger partial charge in [-0.25, -0.2) is 0 Å². The second-order valence-electron chi connectivity index (χ2n) is 5.58. The number of hydrogen-bond donors (Lipinski definition) is 1. The molecule has 0 saturated carbocycles. The van der Waals surface area contributed by atoms with E-state index in [1.54, 1.807) is 0 Å². The van der Waals surface area contributed by atoms with E-state index in [2.05, 4.69) is 42.3 Å². The molecule has 0 amide bonds. The monoisotopic (exact) mass is 271 g/mol. The van der Waals surface area contributed by atoms with Gasteiger partial charge in [0.2, 0.25) is 0 Å². The van der Waals surface area contributed by atoms with E-state index in [0.717, 1.165) is 13.1 Å². The van der Waals surface area contributed by atoms with Gasteiger partial charge in [-0.05, 0) is 23.4 Å². The van der Waals surface area contributed by atoms with Crippen LogP contribution in [0.3, 0.4) is 0 Å². The number of likely N-dealkylation sites (N-methyl/N-ethyl adjacent to an activating group) is 1. The van der Waals surface area contributed by atoms with E-state index in [1.807, 2.05) is 12.1 Å². The largest absolute Gasteiger partial charge is 0.390 e. The highest BCUT2D eigenvalue weighted by Crippen LogP contribution is 2.21. The molecule has 2 aromatic carbocycles. The molecule has 1 aliphatic heterocycles. The van der Waals surface area contributed by atoms with Gasteiger partial charge in [-0.3, -0.25) is 0 Å². The average Bonchev–Trinajstić information content (AvgIpc) is 2.47. The Morgan fingerprint density at radius 3 is 2.90 bits per heavy atom. The maximum Gasteiger partial charge on any atom is 0.0964 e. The van der Waals surface area contributed by atoms with E-state index in [0.29, 0.717) is 13.0 Å². The molecule has 3 heteroatoms. The van der Waals surface area contributed by atoms with E-state index in [9.17, 15) is 5.11 Å². The summed E-state index contributed by atoms with van der Waals surface area (Å²) >= 11 is 0. The third kappa shape index (κ3) is 2.85. The zero-order valence-electron chi connectivity index (χ0n) is 11.8. The second-order valence-corrected chi connectivity index (χ2v) is 5.58. The van der Waals surface area contributed by atoms with Crippen LogP contribution in [0.25, 0.3) is 10.8 Å². The number of ether oxygens (including phenoxy) is 1. The van der Waals surface area contributed by atoms with Crippen LogP contribution in [0, 0.1) is 0 Å². The Kier molecular flexibility index (Phi) is 4.01. The molecule has 2 atom stereocenters. The van der Waals surface area contributed by atoms with Crippen LogP contribution in [-0.2, 0) is 11.2 Å². The summed E-state index contributed by atoms with van der Waals surface area (Å²) in [6, 6.07) is 14.6. The van der Waals surface area contributed by atoms with E-state index in [-0.39, 0.29) is 6.10 Å². The predicted molar refractivity (Wildman–Crippen MR) is 80.9 cm³/mol. The van der Waals surface area contributed by atoms with Crippen molar-refractivity contribution in [2.45, 2.75) is 18.6 Å². The van der Waals surface area contributed by atoms with Crippen LogP contribution in [0.4, 0.5) is 0 Å². The molecule has 1 fully saturated rings. The lowest BCUT2D eigenvalue weighted by Gasteiger charge is -2.33. The number of morpholine rings is 1. The molecule has 1 heterocycles. The Morgan fingerprint density at radius 2 is 2.05 bits per heavy atom. The summed E-state index contributed by atoms with van der Waals surface area (Å²) in [7, 11) is 2.07. The maximum absolute atomic E-state index is 10.5. The van der Waals surface area contributed by atoms with Crippen molar-refractivity contribution in [1.29, 1.82) is 0 Å². The number of aliphatic hydroxyl groups is 1. The summed E-state index contributed by atoms with van der Waals surface area (Å²) in [6.07, 6.45) is 0.0936. The molecule has 0 radical (unpaired) electrons. The fraction of sp³-hybridized carbons (Fsp3) is 0.412. The third-order valence-corrected chi connectivity index (χ3v) is 4.03. The van der Waals surface area contributed by atoms with E-state index in [1.165, 1.54) is 16.3 Å². The van der Waals surface area contributed by atoms with Crippen LogP contribution >= 0.6 is 0 Å². The minimum Gasteiger partial charge on any atom is -0.390 e. The van der Waals surface area contributed by atoms with E-state index < -0.39 is 6.10 Å². The Morgan fingerprint density at radius 1 is 1.25 bits per heavy atom. The van der Waals surface area contributed by atoms with Crippen LogP contribution in [0.1, 0.15) is 5.56 Å². The van der Waals surface area contributed by atoms with Crippen molar-refractivity contribution in [1.82, 2.24) is 4.90 Å². The molecule has 2 aromatic rings. The van der Waals surface area contributed by atoms with Crippen molar-refractivity contribution < 1.29 is 9.84 Å². The highest BCUT2D eigenvalue weighted by atomic mass is 16.5. The quantitative estimate of drug-likeness (QED) is 0.927. The molecular weight excluding hydrogens is 250 g/mol. The summed E-state index contributed by atoms with van der Waals surface area (Å²) in [5, 5.41) is 12.9. The minimum atomic E-state index is -0.455. The number of benzene rings is 2. The topological polar surface area (TPSA) is 32.7 Å². The molecule has 0 aliphatic carbocycles. The molecule has 0 spiro atoms. The third-order valence-electron chi connectivity index (χ3n) is 4.03.